The van der Waals surface area contributed by atoms with Crippen molar-refractivity contribution in [2.45, 2.75) is 18.9 Å². The van der Waals surface area contributed by atoms with Crippen LogP contribution in [0.15, 0.2) is 59.4 Å². The van der Waals surface area contributed by atoms with Crippen molar-refractivity contribution in [3.8, 4) is 5.75 Å². The predicted octanol–water partition coefficient (Wildman–Crippen LogP) is 3.06. The van der Waals surface area contributed by atoms with Gasteiger partial charge in [0.15, 0.2) is 0 Å². The van der Waals surface area contributed by atoms with Crippen molar-refractivity contribution in [2.24, 2.45) is 0 Å². The number of nitrogens with zero attached hydrogens (tertiary/aromatic N) is 2. The molecule has 1 aliphatic rings. The number of aromatic amines is 1. The number of imidazole rings is 1. The third kappa shape index (κ3) is 4.46. The second kappa shape index (κ2) is 9.08. The fourth-order valence-corrected chi connectivity index (χ4v) is 3.87. The third-order valence-electron chi connectivity index (χ3n) is 5.34. The SMILES string of the molecule is O=c1[nH]c2ccccc2n1C1CCN(CCOCCOc2ccccc2)CC1. The normalized spacial score (nSPS) is 15.9. The average molecular weight is 381 g/mol. The molecule has 0 unspecified atom stereocenters. The molecule has 148 valence electrons. The minimum Gasteiger partial charge on any atom is -0.491 e. The van der Waals surface area contributed by atoms with Crippen LogP contribution in [0.4, 0.5) is 0 Å². The Morgan fingerprint density at radius 2 is 1.68 bits per heavy atom. The fraction of sp³-hybridized carbons (Fsp3) is 0.409. The molecule has 2 heterocycles. The van der Waals surface area contributed by atoms with Crippen LogP contribution < -0.4 is 10.4 Å². The van der Waals surface area contributed by atoms with E-state index in [4.69, 9.17) is 9.47 Å². The molecule has 1 aliphatic heterocycles. The van der Waals surface area contributed by atoms with E-state index in [2.05, 4.69) is 9.88 Å². The van der Waals surface area contributed by atoms with E-state index in [9.17, 15) is 4.79 Å². The second-order valence-electron chi connectivity index (χ2n) is 7.16. The zero-order chi connectivity index (χ0) is 19.2. The van der Waals surface area contributed by atoms with Crippen LogP contribution in [-0.2, 0) is 4.74 Å². The summed E-state index contributed by atoms with van der Waals surface area (Å²) >= 11 is 0. The molecule has 28 heavy (non-hydrogen) atoms. The van der Waals surface area contributed by atoms with E-state index >= 15 is 0 Å². The Labute approximate surface area is 164 Å². The number of piperidine rings is 1. The van der Waals surface area contributed by atoms with Crippen LogP contribution >= 0.6 is 0 Å². The molecule has 0 saturated carbocycles. The van der Waals surface area contributed by atoms with Crippen molar-refractivity contribution in [3.05, 3.63) is 65.1 Å². The molecule has 0 radical (unpaired) electrons. The molecule has 4 rings (SSSR count). The Morgan fingerprint density at radius 1 is 0.929 bits per heavy atom. The molecule has 6 nitrogen and oxygen atoms in total. The monoisotopic (exact) mass is 381 g/mol. The minimum atomic E-state index is 0.00130. The van der Waals surface area contributed by atoms with Gasteiger partial charge in [-0.2, -0.15) is 0 Å². The number of H-pyrrole nitrogens is 1. The first-order chi connectivity index (χ1) is 13.8. The Morgan fingerprint density at radius 3 is 2.50 bits per heavy atom. The number of benzene rings is 2. The summed E-state index contributed by atoms with van der Waals surface area (Å²) in [4.78, 5) is 17.7. The van der Waals surface area contributed by atoms with Gasteiger partial charge in [0, 0.05) is 25.7 Å². The van der Waals surface area contributed by atoms with Gasteiger partial charge >= 0.3 is 5.69 Å². The standard InChI is InChI=1S/C22H27N3O3/c26-22-23-20-8-4-5-9-21(20)25(22)18-10-12-24(13-11-18)14-15-27-16-17-28-19-6-2-1-3-7-19/h1-9,18H,10-17H2,(H,23,26). The van der Waals surface area contributed by atoms with Gasteiger partial charge in [0.2, 0.25) is 0 Å². The zero-order valence-corrected chi connectivity index (χ0v) is 16.0. The number of hydrogen-bond donors (Lipinski definition) is 1. The van der Waals surface area contributed by atoms with E-state index in [0.29, 0.717) is 19.8 Å². The summed E-state index contributed by atoms with van der Waals surface area (Å²) in [6.45, 7) is 4.75. The zero-order valence-electron chi connectivity index (χ0n) is 16.0. The lowest BCUT2D eigenvalue weighted by atomic mass is 10.0. The number of fused-ring (bicyclic) bond motifs is 1. The highest BCUT2D eigenvalue weighted by Crippen LogP contribution is 2.24. The maximum Gasteiger partial charge on any atom is 0.326 e. The van der Waals surface area contributed by atoms with Crippen molar-refractivity contribution in [3.63, 3.8) is 0 Å². The van der Waals surface area contributed by atoms with Crippen molar-refractivity contribution < 1.29 is 9.47 Å². The van der Waals surface area contributed by atoms with Crippen molar-refractivity contribution in [1.82, 2.24) is 14.5 Å². The van der Waals surface area contributed by atoms with E-state index in [0.717, 1.165) is 49.3 Å². The quantitative estimate of drug-likeness (QED) is 0.609. The predicted molar refractivity (Wildman–Crippen MR) is 110 cm³/mol. The summed E-state index contributed by atoms with van der Waals surface area (Å²) in [5, 5.41) is 0. The topological polar surface area (TPSA) is 59.5 Å². The molecule has 0 bridgehead atoms. The first-order valence-corrected chi connectivity index (χ1v) is 9.98. The van der Waals surface area contributed by atoms with Gasteiger partial charge < -0.3 is 19.4 Å². The lowest BCUT2D eigenvalue weighted by Crippen LogP contribution is -2.38. The fourth-order valence-electron chi connectivity index (χ4n) is 3.87. The van der Waals surface area contributed by atoms with Crippen LogP contribution in [-0.4, -0.2) is 53.9 Å². The van der Waals surface area contributed by atoms with Crippen LogP contribution in [0.25, 0.3) is 11.0 Å². The molecule has 1 aromatic heterocycles. The third-order valence-corrected chi connectivity index (χ3v) is 5.34. The van der Waals surface area contributed by atoms with Gasteiger partial charge in [-0.05, 0) is 37.1 Å². The Kier molecular flexibility index (Phi) is 6.09. The highest BCUT2D eigenvalue weighted by molar-refractivity contribution is 5.75. The number of rotatable bonds is 8. The van der Waals surface area contributed by atoms with Crippen LogP contribution in [0.3, 0.4) is 0 Å². The lowest BCUT2D eigenvalue weighted by molar-refractivity contribution is 0.0705. The summed E-state index contributed by atoms with van der Waals surface area (Å²) < 4.78 is 13.3. The van der Waals surface area contributed by atoms with Crippen LogP contribution in [0.2, 0.25) is 0 Å². The molecule has 6 heteroatoms. The van der Waals surface area contributed by atoms with Gasteiger partial charge in [-0.3, -0.25) is 4.57 Å². The van der Waals surface area contributed by atoms with E-state index in [1.807, 2.05) is 59.2 Å². The number of nitrogens with one attached hydrogen (secondary N) is 1. The van der Waals surface area contributed by atoms with E-state index < -0.39 is 0 Å². The highest BCUT2D eigenvalue weighted by atomic mass is 16.5. The Bertz CT molecular complexity index is 927. The molecule has 1 fully saturated rings. The number of ether oxygens (including phenoxy) is 2. The van der Waals surface area contributed by atoms with Gasteiger partial charge in [-0.15, -0.1) is 0 Å². The van der Waals surface area contributed by atoms with E-state index in [1.54, 1.807) is 0 Å². The maximum absolute atomic E-state index is 12.4. The van der Waals surface area contributed by atoms with Gasteiger partial charge in [0.05, 0.1) is 24.2 Å². The number of hydrogen-bond acceptors (Lipinski definition) is 4. The van der Waals surface area contributed by atoms with Gasteiger partial charge in [-0.1, -0.05) is 30.3 Å². The molecule has 3 aromatic rings. The molecular formula is C22H27N3O3. The van der Waals surface area contributed by atoms with Crippen molar-refractivity contribution >= 4 is 11.0 Å². The summed E-state index contributed by atoms with van der Waals surface area (Å²) in [6.07, 6.45) is 1.97. The Balaban J connectivity index is 1.17. The smallest absolute Gasteiger partial charge is 0.326 e. The summed E-state index contributed by atoms with van der Waals surface area (Å²) in [6, 6.07) is 18.0. The highest BCUT2D eigenvalue weighted by Gasteiger charge is 2.23. The van der Waals surface area contributed by atoms with Crippen LogP contribution in [0, 0.1) is 0 Å². The van der Waals surface area contributed by atoms with Crippen LogP contribution in [0.5, 0.6) is 5.75 Å². The van der Waals surface area contributed by atoms with Gasteiger partial charge in [-0.25, -0.2) is 4.79 Å². The largest absolute Gasteiger partial charge is 0.491 e. The van der Waals surface area contributed by atoms with Crippen molar-refractivity contribution in [2.75, 3.05) is 39.5 Å². The number of para-hydroxylation sites is 3. The number of aromatic nitrogens is 2. The molecule has 1 N–H and O–H groups in total. The average Bonchev–Trinajstić information content (AvgIpc) is 3.07. The Hall–Kier alpha value is -2.57. The van der Waals surface area contributed by atoms with Gasteiger partial charge in [0.1, 0.15) is 12.4 Å². The molecular weight excluding hydrogens is 354 g/mol. The molecule has 1 saturated heterocycles. The van der Waals surface area contributed by atoms with Crippen molar-refractivity contribution in [1.29, 1.82) is 0 Å². The summed E-state index contributed by atoms with van der Waals surface area (Å²) in [5.74, 6) is 0.876. The molecule has 2 aromatic carbocycles. The summed E-state index contributed by atoms with van der Waals surface area (Å²) in [7, 11) is 0. The van der Waals surface area contributed by atoms with E-state index in [1.165, 1.54) is 0 Å². The second-order valence-corrected chi connectivity index (χ2v) is 7.16. The first kappa shape index (κ1) is 18.8. The van der Waals surface area contributed by atoms with E-state index in [-0.39, 0.29) is 11.7 Å². The van der Waals surface area contributed by atoms with Gasteiger partial charge in [0.25, 0.3) is 0 Å². The lowest BCUT2D eigenvalue weighted by Gasteiger charge is -2.32. The molecule has 0 spiro atoms. The minimum absolute atomic E-state index is 0.00130. The first-order valence-electron chi connectivity index (χ1n) is 9.98. The van der Waals surface area contributed by atoms with Crippen LogP contribution in [0.1, 0.15) is 18.9 Å². The molecule has 0 atom stereocenters. The molecule has 0 amide bonds. The number of likely N-dealkylation sites (tertiary alicyclic amines) is 1. The maximum atomic E-state index is 12.4. The summed E-state index contributed by atoms with van der Waals surface area (Å²) in [5.41, 5.74) is 1.93. The molecule has 0 aliphatic carbocycles.